The van der Waals surface area contributed by atoms with E-state index in [1.54, 1.807) is 42.6 Å². The van der Waals surface area contributed by atoms with E-state index in [9.17, 15) is 9.59 Å². The molecule has 0 saturated heterocycles. The smallest absolute Gasteiger partial charge is 0.257 e. The molecule has 1 heterocycles. The van der Waals surface area contributed by atoms with Crippen LogP contribution in [-0.2, 0) is 0 Å². The highest BCUT2D eigenvalue weighted by Gasteiger charge is 2.19. The number of aromatic nitrogens is 1. The maximum Gasteiger partial charge on any atom is 0.257 e. The molecule has 6 nitrogen and oxygen atoms in total. The van der Waals surface area contributed by atoms with Crippen molar-refractivity contribution >= 4 is 46.4 Å². The van der Waals surface area contributed by atoms with Crippen LogP contribution >= 0.6 is 23.2 Å². The van der Waals surface area contributed by atoms with Crippen LogP contribution in [0.5, 0.6) is 5.75 Å². The third-order valence-electron chi connectivity index (χ3n) is 3.81. The average molecular weight is 416 g/mol. The van der Waals surface area contributed by atoms with Crippen LogP contribution in [0.2, 0.25) is 10.0 Å². The van der Waals surface area contributed by atoms with Gasteiger partial charge >= 0.3 is 0 Å². The van der Waals surface area contributed by atoms with Gasteiger partial charge in [0.25, 0.3) is 11.8 Å². The predicted molar refractivity (Wildman–Crippen MR) is 110 cm³/mol. The van der Waals surface area contributed by atoms with Gasteiger partial charge in [0, 0.05) is 16.8 Å². The molecule has 0 atom stereocenters. The van der Waals surface area contributed by atoms with Crippen molar-refractivity contribution in [2.24, 2.45) is 0 Å². The normalized spacial score (nSPS) is 10.2. The first-order chi connectivity index (χ1) is 13.5. The molecule has 8 heteroatoms. The van der Waals surface area contributed by atoms with E-state index in [0.29, 0.717) is 17.0 Å². The van der Waals surface area contributed by atoms with E-state index >= 15 is 0 Å². The Balaban J connectivity index is 1.89. The molecule has 28 heavy (non-hydrogen) atoms. The molecule has 2 aromatic carbocycles. The summed E-state index contributed by atoms with van der Waals surface area (Å²) in [5.74, 6) is -0.289. The Labute approximate surface area is 171 Å². The fourth-order valence-electron chi connectivity index (χ4n) is 2.44. The summed E-state index contributed by atoms with van der Waals surface area (Å²) < 4.78 is 5.08. The molecule has 0 bridgehead atoms. The fourth-order valence-corrected chi connectivity index (χ4v) is 2.98. The standard InChI is InChI=1S/C20H15Cl2N3O3/c1-28-15-6-4-12(5-7-15)19(26)25-18-16(9-13(21)10-17(18)22)20(27)24-14-3-2-8-23-11-14/h2-11H,1H3,(H,24,27)(H,25,26). The predicted octanol–water partition coefficient (Wildman–Crippen LogP) is 4.90. The summed E-state index contributed by atoms with van der Waals surface area (Å²) in [6.07, 6.45) is 3.09. The second kappa shape index (κ2) is 8.73. The van der Waals surface area contributed by atoms with Gasteiger partial charge < -0.3 is 15.4 Å². The van der Waals surface area contributed by atoms with E-state index in [4.69, 9.17) is 27.9 Å². The molecule has 0 aliphatic carbocycles. The Morgan fingerprint density at radius 3 is 2.39 bits per heavy atom. The first kappa shape index (κ1) is 19.7. The second-order valence-corrected chi connectivity index (χ2v) is 6.53. The van der Waals surface area contributed by atoms with E-state index in [-0.39, 0.29) is 21.3 Å². The number of nitrogens with one attached hydrogen (secondary N) is 2. The molecular formula is C20H15Cl2N3O3. The monoisotopic (exact) mass is 415 g/mol. The van der Waals surface area contributed by atoms with Gasteiger partial charge in [-0.05, 0) is 48.5 Å². The summed E-state index contributed by atoms with van der Waals surface area (Å²) in [5, 5.41) is 5.79. The molecule has 0 aliphatic rings. The third-order valence-corrected chi connectivity index (χ3v) is 4.33. The van der Waals surface area contributed by atoms with Crippen LogP contribution in [0, 0.1) is 0 Å². The molecule has 0 radical (unpaired) electrons. The van der Waals surface area contributed by atoms with Crippen molar-refractivity contribution in [1.82, 2.24) is 4.98 Å². The van der Waals surface area contributed by atoms with Gasteiger partial charge in [0.2, 0.25) is 0 Å². The average Bonchev–Trinajstić information content (AvgIpc) is 2.70. The van der Waals surface area contributed by atoms with Crippen LogP contribution < -0.4 is 15.4 Å². The van der Waals surface area contributed by atoms with Gasteiger partial charge in [0.05, 0.1) is 35.3 Å². The Morgan fingerprint density at radius 1 is 1.00 bits per heavy atom. The lowest BCUT2D eigenvalue weighted by atomic mass is 10.1. The summed E-state index contributed by atoms with van der Waals surface area (Å²) in [6.45, 7) is 0. The Kier molecular flexibility index (Phi) is 6.13. The molecule has 3 aromatic rings. The summed E-state index contributed by atoms with van der Waals surface area (Å²) in [7, 11) is 1.54. The zero-order valence-electron chi connectivity index (χ0n) is 14.7. The van der Waals surface area contributed by atoms with E-state index in [1.165, 1.54) is 25.4 Å². The van der Waals surface area contributed by atoms with Crippen LogP contribution in [0.15, 0.2) is 60.9 Å². The number of halogens is 2. The van der Waals surface area contributed by atoms with Crippen molar-refractivity contribution in [1.29, 1.82) is 0 Å². The minimum Gasteiger partial charge on any atom is -0.497 e. The summed E-state index contributed by atoms with van der Waals surface area (Å²) in [5.41, 5.74) is 1.16. The summed E-state index contributed by atoms with van der Waals surface area (Å²) in [4.78, 5) is 29.3. The maximum absolute atomic E-state index is 12.7. The Bertz CT molecular complexity index is 1010. The zero-order valence-corrected chi connectivity index (χ0v) is 16.2. The molecule has 1 aromatic heterocycles. The largest absolute Gasteiger partial charge is 0.497 e. The van der Waals surface area contributed by atoms with Gasteiger partial charge in [0.1, 0.15) is 5.75 Å². The molecule has 142 valence electrons. The van der Waals surface area contributed by atoms with E-state index in [2.05, 4.69) is 15.6 Å². The lowest BCUT2D eigenvalue weighted by Gasteiger charge is -2.14. The Morgan fingerprint density at radius 2 is 1.75 bits per heavy atom. The first-order valence-electron chi connectivity index (χ1n) is 8.14. The number of rotatable bonds is 5. The van der Waals surface area contributed by atoms with Gasteiger partial charge in [0.15, 0.2) is 0 Å². The topological polar surface area (TPSA) is 80.3 Å². The van der Waals surface area contributed by atoms with Crippen LogP contribution in [0.4, 0.5) is 11.4 Å². The highest BCUT2D eigenvalue weighted by molar-refractivity contribution is 6.38. The van der Waals surface area contributed by atoms with Crippen molar-refractivity contribution in [2.45, 2.75) is 0 Å². The van der Waals surface area contributed by atoms with E-state index in [0.717, 1.165) is 0 Å². The van der Waals surface area contributed by atoms with Crippen molar-refractivity contribution in [3.8, 4) is 5.75 Å². The third kappa shape index (κ3) is 4.60. The number of anilines is 2. The number of benzene rings is 2. The van der Waals surface area contributed by atoms with Gasteiger partial charge in [-0.25, -0.2) is 0 Å². The number of carbonyl (C=O) groups is 2. The summed E-state index contributed by atoms with van der Waals surface area (Å²) in [6, 6.07) is 12.8. The zero-order chi connectivity index (χ0) is 20.1. The molecule has 3 rings (SSSR count). The fraction of sp³-hybridized carbons (Fsp3) is 0.0500. The van der Waals surface area contributed by atoms with Crippen molar-refractivity contribution < 1.29 is 14.3 Å². The van der Waals surface area contributed by atoms with Crippen LogP contribution in [0.25, 0.3) is 0 Å². The number of hydrogen-bond donors (Lipinski definition) is 2. The van der Waals surface area contributed by atoms with Crippen LogP contribution in [-0.4, -0.2) is 23.9 Å². The molecule has 0 unspecified atom stereocenters. The Hall–Kier alpha value is -3.09. The highest BCUT2D eigenvalue weighted by Crippen LogP contribution is 2.31. The van der Waals surface area contributed by atoms with Gasteiger partial charge in [-0.15, -0.1) is 0 Å². The lowest BCUT2D eigenvalue weighted by Crippen LogP contribution is -2.19. The maximum atomic E-state index is 12.7. The minimum atomic E-state index is -0.484. The summed E-state index contributed by atoms with van der Waals surface area (Å²) >= 11 is 12.3. The first-order valence-corrected chi connectivity index (χ1v) is 8.89. The molecular weight excluding hydrogens is 401 g/mol. The van der Waals surface area contributed by atoms with Gasteiger partial charge in [-0.2, -0.15) is 0 Å². The van der Waals surface area contributed by atoms with Gasteiger partial charge in [-0.1, -0.05) is 23.2 Å². The molecule has 2 amide bonds. The number of ether oxygens (including phenoxy) is 1. The number of nitrogens with zero attached hydrogens (tertiary/aromatic N) is 1. The lowest BCUT2D eigenvalue weighted by molar-refractivity contribution is 0.102. The number of pyridine rings is 1. The van der Waals surface area contributed by atoms with Crippen molar-refractivity contribution in [2.75, 3.05) is 17.7 Å². The van der Waals surface area contributed by atoms with Crippen molar-refractivity contribution in [3.05, 3.63) is 82.1 Å². The second-order valence-electron chi connectivity index (χ2n) is 5.69. The SMILES string of the molecule is COc1ccc(C(=O)Nc2c(Cl)cc(Cl)cc2C(=O)Nc2cccnc2)cc1. The van der Waals surface area contributed by atoms with E-state index < -0.39 is 11.8 Å². The highest BCUT2D eigenvalue weighted by atomic mass is 35.5. The number of hydrogen-bond acceptors (Lipinski definition) is 4. The minimum absolute atomic E-state index is 0.128. The van der Waals surface area contributed by atoms with Crippen LogP contribution in [0.1, 0.15) is 20.7 Å². The molecule has 0 spiro atoms. The number of amides is 2. The van der Waals surface area contributed by atoms with Crippen LogP contribution in [0.3, 0.4) is 0 Å². The van der Waals surface area contributed by atoms with E-state index in [1.807, 2.05) is 0 Å². The molecule has 0 saturated carbocycles. The van der Waals surface area contributed by atoms with Gasteiger partial charge in [-0.3, -0.25) is 14.6 Å². The molecule has 0 aliphatic heterocycles. The number of methoxy groups -OCH3 is 1. The van der Waals surface area contributed by atoms with Crippen molar-refractivity contribution in [3.63, 3.8) is 0 Å². The molecule has 0 fully saturated rings. The quantitative estimate of drug-likeness (QED) is 0.620. The number of carbonyl (C=O) groups excluding carboxylic acids is 2. The molecule has 2 N–H and O–H groups in total.